The number of nitrogens with one attached hydrogen (secondary N) is 1. The Morgan fingerprint density at radius 3 is 3.17 bits per heavy atom. The molecule has 1 aliphatic heterocycles. The molecule has 1 aliphatic rings. The molecule has 1 atom stereocenters. The molecule has 2 heterocycles. The van der Waals surface area contributed by atoms with Crippen LogP contribution in [0.5, 0.6) is 0 Å². The molecule has 0 spiro atoms. The molecule has 0 bridgehead atoms. The number of halogens is 1. The zero-order valence-corrected chi connectivity index (χ0v) is 10.1. The number of aromatic nitrogens is 2. The molecule has 3 nitrogen and oxygen atoms in total. The zero-order valence-electron chi connectivity index (χ0n) is 10.1. The first-order valence-electron chi connectivity index (χ1n) is 6.31. The van der Waals surface area contributed by atoms with Crippen molar-refractivity contribution in [3.63, 3.8) is 0 Å². The van der Waals surface area contributed by atoms with E-state index < -0.39 is 0 Å². The van der Waals surface area contributed by atoms with Gasteiger partial charge in [-0.1, -0.05) is 12.1 Å². The molecule has 94 valence electrons. The fourth-order valence-electron chi connectivity index (χ4n) is 2.68. The van der Waals surface area contributed by atoms with E-state index in [4.69, 9.17) is 0 Å². The molecule has 1 aromatic carbocycles. The lowest BCUT2D eigenvalue weighted by Crippen LogP contribution is -2.23. The Labute approximate surface area is 106 Å². The molecule has 0 radical (unpaired) electrons. The van der Waals surface area contributed by atoms with Gasteiger partial charge in [-0.3, -0.25) is 4.90 Å². The number of rotatable bonds is 3. The van der Waals surface area contributed by atoms with Crippen LogP contribution in [-0.2, 0) is 6.54 Å². The summed E-state index contributed by atoms with van der Waals surface area (Å²) in [6.07, 6.45) is 5.84. The van der Waals surface area contributed by atoms with Crippen LogP contribution in [0.4, 0.5) is 4.39 Å². The molecule has 0 unspecified atom stereocenters. The van der Waals surface area contributed by atoms with Crippen LogP contribution in [0, 0.1) is 5.82 Å². The van der Waals surface area contributed by atoms with E-state index in [9.17, 15) is 4.39 Å². The third-order valence-electron chi connectivity index (χ3n) is 3.50. The smallest absolute Gasteiger partial charge is 0.123 e. The fraction of sp³-hybridized carbons (Fsp3) is 0.357. The van der Waals surface area contributed by atoms with Crippen LogP contribution in [0.1, 0.15) is 30.3 Å². The Hall–Kier alpha value is -1.68. The topological polar surface area (TPSA) is 31.9 Å². The van der Waals surface area contributed by atoms with Crippen LogP contribution >= 0.6 is 0 Å². The lowest BCUT2D eigenvalue weighted by atomic mass is 10.0. The summed E-state index contributed by atoms with van der Waals surface area (Å²) in [4.78, 5) is 9.73. The summed E-state index contributed by atoms with van der Waals surface area (Å²) in [6, 6.07) is 7.24. The van der Waals surface area contributed by atoms with Crippen LogP contribution in [0.3, 0.4) is 0 Å². The largest absolute Gasteiger partial charge is 0.348 e. The van der Waals surface area contributed by atoms with E-state index in [0.717, 1.165) is 37.3 Å². The minimum Gasteiger partial charge on any atom is -0.348 e. The quantitative estimate of drug-likeness (QED) is 0.901. The maximum absolute atomic E-state index is 13.3. The predicted molar refractivity (Wildman–Crippen MR) is 67.4 cm³/mol. The third-order valence-corrected chi connectivity index (χ3v) is 3.50. The van der Waals surface area contributed by atoms with E-state index in [1.165, 1.54) is 6.07 Å². The van der Waals surface area contributed by atoms with E-state index in [-0.39, 0.29) is 5.82 Å². The standard InChI is InChI=1S/C14H16FN3/c15-12-4-1-3-11(9-12)13-5-2-8-18(13)10-14-16-6-7-17-14/h1,3-4,6-7,9,13H,2,5,8,10H2,(H,16,17)/t13-/m0/s1. The fourth-order valence-corrected chi connectivity index (χ4v) is 2.68. The van der Waals surface area contributed by atoms with Crippen LogP contribution in [0.2, 0.25) is 0 Å². The van der Waals surface area contributed by atoms with Gasteiger partial charge in [-0.15, -0.1) is 0 Å². The van der Waals surface area contributed by atoms with Gasteiger partial charge in [0.25, 0.3) is 0 Å². The van der Waals surface area contributed by atoms with Crippen LogP contribution < -0.4 is 0 Å². The van der Waals surface area contributed by atoms with Crippen LogP contribution in [0.25, 0.3) is 0 Å². The maximum atomic E-state index is 13.3. The van der Waals surface area contributed by atoms with Gasteiger partial charge < -0.3 is 4.98 Å². The summed E-state index contributed by atoms with van der Waals surface area (Å²) in [7, 11) is 0. The SMILES string of the molecule is Fc1cccc([C@@H]2CCCN2Cc2ncc[nH]2)c1. The first-order chi connectivity index (χ1) is 8.83. The minimum atomic E-state index is -0.155. The average Bonchev–Trinajstić information content (AvgIpc) is 3.01. The van der Waals surface area contributed by atoms with Crippen molar-refractivity contribution in [2.24, 2.45) is 0 Å². The Balaban J connectivity index is 1.79. The maximum Gasteiger partial charge on any atom is 0.123 e. The summed E-state index contributed by atoms with van der Waals surface area (Å²) in [5.74, 6) is 0.815. The highest BCUT2D eigenvalue weighted by Gasteiger charge is 2.26. The van der Waals surface area contributed by atoms with E-state index in [0.29, 0.717) is 6.04 Å². The summed E-state index contributed by atoms with van der Waals surface area (Å²) in [5.41, 5.74) is 1.07. The highest BCUT2D eigenvalue weighted by Crippen LogP contribution is 2.32. The highest BCUT2D eigenvalue weighted by atomic mass is 19.1. The third kappa shape index (κ3) is 2.29. The molecule has 0 saturated carbocycles. The van der Waals surface area contributed by atoms with E-state index in [2.05, 4.69) is 14.9 Å². The molecule has 1 aromatic heterocycles. The number of imidazole rings is 1. The monoisotopic (exact) mass is 245 g/mol. The van der Waals surface area contributed by atoms with Gasteiger partial charge >= 0.3 is 0 Å². The Morgan fingerprint density at radius 1 is 1.44 bits per heavy atom. The number of hydrogen-bond acceptors (Lipinski definition) is 2. The molecule has 0 aliphatic carbocycles. The summed E-state index contributed by atoms with van der Waals surface area (Å²) >= 11 is 0. The number of hydrogen-bond donors (Lipinski definition) is 1. The molecule has 2 aromatic rings. The van der Waals surface area contributed by atoms with Crippen LogP contribution in [-0.4, -0.2) is 21.4 Å². The van der Waals surface area contributed by atoms with Crippen molar-refractivity contribution in [1.82, 2.24) is 14.9 Å². The average molecular weight is 245 g/mol. The first kappa shape index (κ1) is 11.4. The predicted octanol–water partition coefficient (Wildman–Crippen LogP) is 2.89. The van der Waals surface area contributed by atoms with Crippen LogP contribution in [0.15, 0.2) is 36.7 Å². The summed E-state index contributed by atoms with van der Waals surface area (Å²) in [6.45, 7) is 1.84. The molecule has 1 fully saturated rings. The van der Waals surface area contributed by atoms with Gasteiger partial charge in [0, 0.05) is 18.4 Å². The van der Waals surface area contributed by atoms with E-state index in [1.807, 2.05) is 12.3 Å². The molecule has 18 heavy (non-hydrogen) atoms. The van der Waals surface area contributed by atoms with E-state index >= 15 is 0 Å². The number of aromatic amines is 1. The van der Waals surface area contributed by atoms with Gasteiger partial charge in [-0.2, -0.15) is 0 Å². The number of benzene rings is 1. The van der Waals surface area contributed by atoms with Gasteiger partial charge in [0.2, 0.25) is 0 Å². The number of likely N-dealkylation sites (tertiary alicyclic amines) is 1. The van der Waals surface area contributed by atoms with Crippen molar-refractivity contribution in [3.05, 3.63) is 53.9 Å². The lowest BCUT2D eigenvalue weighted by Gasteiger charge is -2.23. The second kappa shape index (κ2) is 4.90. The van der Waals surface area contributed by atoms with Gasteiger partial charge in [-0.25, -0.2) is 9.37 Å². The lowest BCUT2D eigenvalue weighted by molar-refractivity contribution is 0.242. The van der Waals surface area contributed by atoms with Crippen molar-refractivity contribution in [2.45, 2.75) is 25.4 Å². The Kier molecular flexibility index (Phi) is 3.11. The van der Waals surface area contributed by atoms with Crippen molar-refractivity contribution in [3.8, 4) is 0 Å². The second-order valence-electron chi connectivity index (χ2n) is 4.72. The van der Waals surface area contributed by atoms with Gasteiger partial charge in [0.05, 0.1) is 6.54 Å². The van der Waals surface area contributed by atoms with Crippen molar-refractivity contribution < 1.29 is 4.39 Å². The van der Waals surface area contributed by atoms with Crippen molar-refractivity contribution in [2.75, 3.05) is 6.54 Å². The molecule has 3 rings (SSSR count). The minimum absolute atomic E-state index is 0.155. The van der Waals surface area contributed by atoms with Crippen molar-refractivity contribution >= 4 is 0 Å². The molecule has 0 amide bonds. The van der Waals surface area contributed by atoms with Gasteiger partial charge in [0.15, 0.2) is 0 Å². The molecular formula is C14H16FN3. The number of H-pyrrole nitrogens is 1. The normalized spacial score (nSPS) is 20.4. The Bertz CT molecular complexity index is 510. The Morgan fingerprint density at radius 2 is 2.39 bits per heavy atom. The molecule has 1 saturated heterocycles. The van der Waals surface area contributed by atoms with Gasteiger partial charge in [0.1, 0.15) is 11.6 Å². The number of nitrogens with zero attached hydrogens (tertiary/aromatic N) is 2. The van der Waals surface area contributed by atoms with Gasteiger partial charge in [-0.05, 0) is 37.1 Å². The van der Waals surface area contributed by atoms with E-state index in [1.54, 1.807) is 18.3 Å². The first-order valence-corrected chi connectivity index (χ1v) is 6.31. The highest BCUT2D eigenvalue weighted by molar-refractivity contribution is 5.21. The molecular weight excluding hydrogens is 229 g/mol. The summed E-state index contributed by atoms with van der Waals surface area (Å²) in [5, 5.41) is 0. The molecule has 4 heteroatoms. The molecule has 1 N–H and O–H groups in total. The summed E-state index contributed by atoms with van der Waals surface area (Å²) < 4.78 is 13.3. The zero-order chi connectivity index (χ0) is 12.4. The van der Waals surface area contributed by atoms with Crippen molar-refractivity contribution in [1.29, 1.82) is 0 Å². The second-order valence-corrected chi connectivity index (χ2v) is 4.72.